The van der Waals surface area contributed by atoms with Crippen LogP contribution in [0.2, 0.25) is 0 Å². The van der Waals surface area contributed by atoms with Crippen molar-refractivity contribution in [2.24, 2.45) is 0 Å². The fourth-order valence-corrected chi connectivity index (χ4v) is 1.81. The van der Waals surface area contributed by atoms with Crippen molar-refractivity contribution in [3.8, 4) is 0 Å². The van der Waals surface area contributed by atoms with Crippen LogP contribution >= 0.6 is 0 Å². The third-order valence-corrected chi connectivity index (χ3v) is 2.78. The highest BCUT2D eigenvalue weighted by Crippen LogP contribution is 2.17. The van der Waals surface area contributed by atoms with Crippen molar-refractivity contribution in [3.63, 3.8) is 0 Å². The molecule has 17 heavy (non-hydrogen) atoms. The lowest BCUT2D eigenvalue weighted by molar-refractivity contribution is 0.0661. The third-order valence-electron chi connectivity index (χ3n) is 2.78. The predicted octanol–water partition coefficient (Wildman–Crippen LogP) is 2.31. The van der Waals surface area contributed by atoms with Gasteiger partial charge in [-0.15, -0.1) is 0 Å². The molecule has 0 fully saturated rings. The second-order valence-electron chi connectivity index (χ2n) is 4.15. The molecule has 0 heterocycles. The van der Waals surface area contributed by atoms with Crippen LogP contribution in [0.1, 0.15) is 23.6 Å². The number of aryl methyl sites for hydroxylation is 1. The topological polar surface area (TPSA) is 30.5 Å². The zero-order chi connectivity index (χ0) is 12.5. The molecule has 0 radical (unpaired) electrons. The molecule has 0 spiro atoms. The van der Waals surface area contributed by atoms with E-state index in [1.807, 2.05) is 7.05 Å². The maximum Gasteiger partial charge on any atom is 0.0700 e. The van der Waals surface area contributed by atoms with E-state index in [4.69, 9.17) is 9.47 Å². The summed E-state index contributed by atoms with van der Waals surface area (Å²) >= 11 is 0. The van der Waals surface area contributed by atoms with Crippen molar-refractivity contribution in [2.45, 2.75) is 19.4 Å². The zero-order valence-corrected chi connectivity index (χ0v) is 11.0. The van der Waals surface area contributed by atoms with E-state index in [2.05, 4.69) is 36.5 Å². The number of benzene rings is 1. The van der Waals surface area contributed by atoms with E-state index in [1.165, 1.54) is 11.1 Å². The number of ether oxygens (including phenoxy) is 2. The van der Waals surface area contributed by atoms with Crippen LogP contribution in [0.4, 0.5) is 0 Å². The molecule has 96 valence electrons. The van der Waals surface area contributed by atoms with Crippen molar-refractivity contribution in [1.82, 2.24) is 5.32 Å². The van der Waals surface area contributed by atoms with Gasteiger partial charge in [-0.2, -0.15) is 0 Å². The molecule has 0 amide bonds. The molecule has 1 unspecified atom stereocenters. The summed E-state index contributed by atoms with van der Waals surface area (Å²) in [6.07, 6.45) is 0.976. The van der Waals surface area contributed by atoms with Crippen LogP contribution in [0, 0.1) is 6.92 Å². The SMILES string of the molecule is CNC(CCOCCOC)c1cccc(C)c1. The molecule has 0 aliphatic rings. The number of hydrogen-bond donors (Lipinski definition) is 1. The smallest absolute Gasteiger partial charge is 0.0700 e. The maximum atomic E-state index is 5.49. The van der Waals surface area contributed by atoms with Crippen molar-refractivity contribution in [2.75, 3.05) is 34.0 Å². The Morgan fingerprint density at radius 3 is 2.71 bits per heavy atom. The summed E-state index contributed by atoms with van der Waals surface area (Å²) in [4.78, 5) is 0. The lowest BCUT2D eigenvalue weighted by Gasteiger charge is -2.17. The van der Waals surface area contributed by atoms with Crippen molar-refractivity contribution in [1.29, 1.82) is 0 Å². The summed E-state index contributed by atoms with van der Waals surface area (Å²) in [5, 5.41) is 3.33. The van der Waals surface area contributed by atoms with Gasteiger partial charge in [-0.25, -0.2) is 0 Å². The largest absolute Gasteiger partial charge is 0.382 e. The van der Waals surface area contributed by atoms with Crippen LogP contribution in [0.3, 0.4) is 0 Å². The molecule has 1 N–H and O–H groups in total. The monoisotopic (exact) mass is 237 g/mol. The molecule has 1 aromatic carbocycles. The molecule has 3 heteroatoms. The highest BCUT2D eigenvalue weighted by atomic mass is 16.5. The summed E-state index contributed by atoms with van der Waals surface area (Å²) < 4.78 is 10.4. The van der Waals surface area contributed by atoms with Crippen molar-refractivity contribution in [3.05, 3.63) is 35.4 Å². The van der Waals surface area contributed by atoms with E-state index < -0.39 is 0 Å². The predicted molar refractivity (Wildman–Crippen MR) is 70.3 cm³/mol. The van der Waals surface area contributed by atoms with E-state index in [9.17, 15) is 0 Å². The molecule has 1 aromatic rings. The first-order chi connectivity index (χ1) is 8.27. The quantitative estimate of drug-likeness (QED) is 0.704. The van der Waals surface area contributed by atoms with Gasteiger partial charge in [0.25, 0.3) is 0 Å². The summed E-state index contributed by atoms with van der Waals surface area (Å²) in [5.74, 6) is 0. The lowest BCUT2D eigenvalue weighted by Crippen LogP contribution is -2.19. The summed E-state index contributed by atoms with van der Waals surface area (Å²) in [6, 6.07) is 8.95. The third kappa shape index (κ3) is 5.31. The first-order valence-electron chi connectivity index (χ1n) is 6.08. The molecule has 0 aromatic heterocycles. The Hall–Kier alpha value is -0.900. The van der Waals surface area contributed by atoms with Crippen LogP contribution < -0.4 is 5.32 Å². The average molecular weight is 237 g/mol. The van der Waals surface area contributed by atoms with Gasteiger partial charge in [0.1, 0.15) is 0 Å². The molecule has 1 atom stereocenters. The number of methoxy groups -OCH3 is 1. The fraction of sp³-hybridized carbons (Fsp3) is 0.571. The molecule has 1 rings (SSSR count). The Labute approximate surface area is 104 Å². The minimum Gasteiger partial charge on any atom is -0.382 e. The Balaban J connectivity index is 2.38. The van der Waals surface area contributed by atoms with Gasteiger partial charge in [-0.1, -0.05) is 29.8 Å². The average Bonchev–Trinajstić information content (AvgIpc) is 2.34. The molecule has 0 aliphatic carbocycles. The fourth-order valence-electron chi connectivity index (χ4n) is 1.81. The molecule has 0 saturated heterocycles. The maximum absolute atomic E-state index is 5.49. The minimum absolute atomic E-state index is 0.359. The standard InChI is InChI=1S/C14H23NO2/c1-12-5-4-6-13(11-12)14(15-2)7-8-17-10-9-16-3/h4-6,11,14-15H,7-10H2,1-3H3. The zero-order valence-electron chi connectivity index (χ0n) is 11.0. The Kier molecular flexibility index (Phi) is 6.86. The Bertz CT molecular complexity index is 315. The van der Waals surface area contributed by atoms with Crippen LogP contribution in [-0.4, -0.2) is 34.0 Å². The van der Waals surface area contributed by atoms with Crippen LogP contribution in [-0.2, 0) is 9.47 Å². The second kappa shape index (κ2) is 8.23. The van der Waals surface area contributed by atoms with E-state index in [0.29, 0.717) is 19.3 Å². The van der Waals surface area contributed by atoms with E-state index in [1.54, 1.807) is 7.11 Å². The van der Waals surface area contributed by atoms with Crippen LogP contribution in [0.25, 0.3) is 0 Å². The summed E-state index contributed by atoms with van der Waals surface area (Å²) in [6.45, 7) is 4.20. The van der Waals surface area contributed by atoms with Gasteiger partial charge >= 0.3 is 0 Å². The normalized spacial score (nSPS) is 12.6. The molecule has 0 saturated carbocycles. The summed E-state index contributed by atoms with van der Waals surface area (Å²) in [7, 11) is 3.68. The number of nitrogens with one attached hydrogen (secondary N) is 1. The number of hydrogen-bond acceptors (Lipinski definition) is 3. The van der Waals surface area contributed by atoms with E-state index in [0.717, 1.165) is 13.0 Å². The molecule has 0 aliphatic heterocycles. The van der Waals surface area contributed by atoms with Crippen LogP contribution in [0.5, 0.6) is 0 Å². The molecular formula is C14H23NO2. The minimum atomic E-state index is 0.359. The van der Waals surface area contributed by atoms with Gasteiger partial charge in [0.2, 0.25) is 0 Å². The van der Waals surface area contributed by atoms with Gasteiger partial charge in [-0.3, -0.25) is 0 Å². The van der Waals surface area contributed by atoms with E-state index >= 15 is 0 Å². The van der Waals surface area contributed by atoms with Gasteiger partial charge < -0.3 is 14.8 Å². The van der Waals surface area contributed by atoms with Crippen LogP contribution in [0.15, 0.2) is 24.3 Å². The summed E-state index contributed by atoms with van der Waals surface area (Å²) in [5.41, 5.74) is 2.62. The molecular weight excluding hydrogens is 214 g/mol. The Morgan fingerprint density at radius 2 is 2.06 bits per heavy atom. The highest BCUT2D eigenvalue weighted by Gasteiger charge is 2.08. The first-order valence-corrected chi connectivity index (χ1v) is 6.08. The molecule has 3 nitrogen and oxygen atoms in total. The van der Waals surface area contributed by atoms with Crippen molar-refractivity contribution >= 4 is 0 Å². The first kappa shape index (κ1) is 14.2. The molecule has 0 bridgehead atoms. The second-order valence-corrected chi connectivity index (χ2v) is 4.15. The van der Waals surface area contributed by atoms with Crippen molar-refractivity contribution < 1.29 is 9.47 Å². The Morgan fingerprint density at radius 1 is 1.24 bits per heavy atom. The lowest BCUT2D eigenvalue weighted by atomic mass is 10.0. The van der Waals surface area contributed by atoms with Gasteiger partial charge in [-0.05, 0) is 26.0 Å². The number of rotatable bonds is 8. The van der Waals surface area contributed by atoms with E-state index in [-0.39, 0.29) is 0 Å². The van der Waals surface area contributed by atoms with Gasteiger partial charge in [0.05, 0.1) is 13.2 Å². The van der Waals surface area contributed by atoms with Gasteiger partial charge in [0, 0.05) is 19.8 Å². The van der Waals surface area contributed by atoms with Gasteiger partial charge in [0.15, 0.2) is 0 Å². The highest BCUT2D eigenvalue weighted by molar-refractivity contribution is 5.24.